The molecule has 0 saturated heterocycles. The van der Waals surface area contributed by atoms with E-state index in [2.05, 4.69) is 4.98 Å². The van der Waals surface area contributed by atoms with Gasteiger partial charge in [-0.2, -0.15) is 0 Å². The molecule has 1 rings (SSSR count). The van der Waals surface area contributed by atoms with E-state index in [4.69, 9.17) is 0 Å². The normalized spacial score (nSPS) is 11.4. The summed E-state index contributed by atoms with van der Waals surface area (Å²) in [5.41, 5.74) is 0. The summed E-state index contributed by atoms with van der Waals surface area (Å²) in [7, 11) is 7.63. The van der Waals surface area contributed by atoms with Gasteiger partial charge in [0.15, 0.2) is 0 Å². The number of rotatable bonds is 6. The van der Waals surface area contributed by atoms with Crippen LogP contribution in [-0.4, -0.2) is 59.0 Å². The van der Waals surface area contributed by atoms with Crippen molar-refractivity contribution in [3.63, 3.8) is 0 Å². The van der Waals surface area contributed by atoms with Crippen LogP contribution in [0.2, 0.25) is 0 Å². The predicted octanol–water partition coefficient (Wildman–Crippen LogP) is 0.885. The van der Waals surface area contributed by atoms with Crippen molar-refractivity contribution in [2.75, 3.05) is 34.7 Å². The lowest BCUT2D eigenvalue weighted by molar-refractivity contribution is -0.392. The average Bonchev–Trinajstić information content (AvgIpc) is 2.66. The predicted molar refractivity (Wildman–Crippen MR) is 70.2 cm³/mol. The Labute approximate surface area is 106 Å². The SMILES string of the molecule is CN(C)C=Cc1ncc([N+](=O)[O-])n1CCN(C)C. The summed E-state index contributed by atoms with van der Waals surface area (Å²) in [6, 6.07) is 0. The summed E-state index contributed by atoms with van der Waals surface area (Å²) in [5, 5.41) is 10.9. The number of nitro groups is 1. The molecule has 0 aliphatic carbocycles. The maximum absolute atomic E-state index is 10.9. The fourth-order valence-corrected chi connectivity index (χ4v) is 1.40. The highest BCUT2D eigenvalue weighted by atomic mass is 16.6. The molecule has 0 radical (unpaired) electrons. The molecule has 1 aromatic rings. The van der Waals surface area contributed by atoms with Crippen LogP contribution in [0.5, 0.6) is 0 Å². The molecule has 0 fully saturated rings. The van der Waals surface area contributed by atoms with Crippen LogP contribution in [-0.2, 0) is 6.54 Å². The summed E-state index contributed by atoms with van der Waals surface area (Å²) >= 11 is 0. The van der Waals surface area contributed by atoms with Gasteiger partial charge in [-0.25, -0.2) is 9.55 Å². The molecule has 1 aromatic heterocycles. The van der Waals surface area contributed by atoms with Gasteiger partial charge in [0, 0.05) is 32.9 Å². The summed E-state index contributed by atoms with van der Waals surface area (Å²) in [5.74, 6) is 0.618. The lowest BCUT2D eigenvalue weighted by Crippen LogP contribution is -2.19. The molecular formula is C11H19N5O2. The maximum atomic E-state index is 10.9. The number of imidazole rings is 1. The molecule has 0 N–H and O–H groups in total. The molecule has 0 bridgehead atoms. The minimum Gasteiger partial charge on any atom is -0.383 e. The number of aromatic nitrogens is 2. The van der Waals surface area contributed by atoms with E-state index in [0.717, 1.165) is 6.54 Å². The monoisotopic (exact) mass is 253 g/mol. The molecule has 18 heavy (non-hydrogen) atoms. The Kier molecular flexibility index (Phi) is 4.85. The first kappa shape index (κ1) is 14.2. The van der Waals surface area contributed by atoms with Crippen molar-refractivity contribution in [3.05, 3.63) is 28.3 Å². The van der Waals surface area contributed by atoms with E-state index in [1.165, 1.54) is 6.20 Å². The van der Waals surface area contributed by atoms with E-state index in [9.17, 15) is 10.1 Å². The van der Waals surface area contributed by atoms with E-state index in [0.29, 0.717) is 12.4 Å². The number of likely N-dealkylation sites (N-methyl/N-ethyl adjacent to an activating group) is 1. The van der Waals surface area contributed by atoms with E-state index in [-0.39, 0.29) is 5.82 Å². The number of hydrogen-bond donors (Lipinski definition) is 0. The summed E-state index contributed by atoms with van der Waals surface area (Å²) < 4.78 is 1.61. The molecule has 0 amide bonds. The molecule has 0 aliphatic rings. The quantitative estimate of drug-likeness (QED) is 0.556. The zero-order valence-electron chi connectivity index (χ0n) is 11.2. The van der Waals surface area contributed by atoms with Gasteiger partial charge in [-0.1, -0.05) is 0 Å². The Morgan fingerprint density at radius 1 is 1.44 bits per heavy atom. The van der Waals surface area contributed by atoms with Crippen LogP contribution in [0.3, 0.4) is 0 Å². The Hall–Kier alpha value is -1.89. The molecule has 0 saturated carbocycles. The van der Waals surface area contributed by atoms with Crippen LogP contribution in [0.4, 0.5) is 5.82 Å². The first-order valence-electron chi connectivity index (χ1n) is 5.61. The van der Waals surface area contributed by atoms with Gasteiger partial charge >= 0.3 is 5.82 Å². The lowest BCUT2D eigenvalue weighted by Gasteiger charge is -2.09. The third-order valence-corrected chi connectivity index (χ3v) is 2.35. The fraction of sp³-hybridized carbons (Fsp3) is 0.545. The second-order valence-electron chi connectivity index (χ2n) is 4.47. The molecule has 0 spiro atoms. The second kappa shape index (κ2) is 6.15. The highest BCUT2D eigenvalue weighted by Crippen LogP contribution is 2.15. The van der Waals surface area contributed by atoms with Gasteiger partial charge in [0.2, 0.25) is 5.82 Å². The fourth-order valence-electron chi connectivity index (χ4n) is 1.40. The minimum atomic E-state index is -0.407. The van der Waals surface area contributed by atoms with Gasteiger partial charge in [-0.05, 0) is 19.0 Å². The Bertz CT molecular complexity index is 437. The summed E-state index contributed by atoms with van der Waals surface area (Å²) in [6.45, 7) is 1.26. The third-order valence-electron chi connectivity index (χ3n) is 2.35. The van der Waals surface area contributed by atoms with Crippen molar-refractivity contribution in [2.24, 2.45) is 0 Å². The lowest BCUT2D eigenvalue weighted by atomic mass is 10.5. The smallest absolute Gasteiger partial charge is 0.343 e. The highest BCUT2D eigenvalue weighted by molar-refractivity contribution is 5.43. The van der Waals surface area contributed by atoms with Crippen LogP contribution >= 0.6 is 0 Å². The van der Waals surface area contributed by atoms with Crippen LogP contribution in [0.25, 0.3) is 6.08 Å². The van der Waals surface area contributed by atoms with Crippen molar-refractivity contribution < 1.29 is 4.92 Å². The first-order chi connectivity index (χ1) is 8.41. The molecule has 7 heteroatoms. The summed E-state index contributed by atoms with van der Waals surface area (Å²) in [6.07, 6.45) is 4.88. The third kappa shape index (κ3) is 3.85. The molecule has 0 unspecified atom stereocenters. The van der Waals surface area contributed by atoms with Gasteiger partial charge in [-0.15, -0.1) is 0 Å². The standard InChI is InChI=1S/C11H19N5O2/c1-13(2)6-5-10-12-9-11(16(17)18)15(10)8-7-14(3)4/h5-6,9H,7-8H2,1-4H3. The van der Waals surface area contributed by atoms with Crippen LogP contribution in [0.15, 0.2) is 12.4 Å². The van der Waals surface area contributed by atoms with E-state index in [1.54, 1.807) is 10.6 Å². The number of nitrogens with zero attached hydrogens (tertiary/aromatic N) is 5. The van der Waals surface area contributed by atoms with Crippen molar-refractivity contribution in [2.45, 2.75) is 6.54 Å². The van der Waals surface area contributed by atoms with Gasteiger partial charge in [-0.3, -0.25) is 0 Å². The molecule has 0 aromatic carbocycles. The Morgan fingerprint density at radius 2 is 2.11 bits per heavy atom. The molecule has 0 atom stereocenters. The van der Waals surface area contributed by atoms with Crippen LogP contribution in [0, 0.1) is 10.1 Å². The molecule has 100 valence electrons. The van der Waals surface area contributed by atoms with E-state index in [1.807, 2.05) is 44.2 Å². The van der Waals surface area contributed by atoms with Gasteiger partial charge < -0.3 is 19.9 Å². The Morgan fingerprint density at radius 3 is 2.61 bits per heavy atom. The maximum Gasteiger partial charge on any atom is 0.343 e. The highest BCUT2D eigenvalue weighted by Gasteiger charge is 2.18. The molecule has 7 nitrogen and oxygen atoms in total. The van der Waals surface area contributed by atoms with Crippen LogP contribution < -0.4 is 0 Å². The zero-order chi connectivity index (χ0) is 13.7. The second-order valence-corrected chi connectivity index (χ2v) is 4.47. The molecule has 1 heterocycles. The Balaban J connectivity index is 2.99. The molecule has 0 aliphatic heterocycles. The van der Waals surface area contributed by atoms with Gasteiger partial charge in [0.05, 0.1) is 0 Å². The van der Waals surface area contributed by atoms with Crippen molar-refractivity contribution in [1.29, 1.82) is 0 Å². The van der Waals surface area contributed by atoms with Gasteiger partial charge in [0.1, 0.15) is 12.7 Å². The minimum absolute atomic E-state index is 0.0234. The van der Waals surface area contributed by atoms with E-state index < -0.39 is 4.92 Å². The zero-order valence-corrected chi connectivity index (χ0v) is 11.2. The largest absolute Gasteiger partial charge is 0.383 e. The van der Waals surface area contributed by atoms with Crippen LogP contribution in [0.1, 0.15) is 5.82 Å². The topological polar surface area (TPSA) is 67.4 Å². The van der Waals surface area contributed by atoms with Gasteiger partial charge in [0.25, 0.3) is 0 Å². The van der Waals surface area contributed by atoms with E-state index >= 15 is 0 Å². The van der Waals surface area contributed by atoms with Crippen molar-refractivity contribution in [3.8, 4) is 0 Å². The molecular weight excluding hydrogens is 234 g/mol. The number of hydrogen-bond acceptors (Lipinski definition) is 5. The van der Waals surface area contributed by atoms with Crippen molar-refractivity contribution in [1.82, 2.24) is 19.4 Å². The summed E-state index contributed by atoms with van der Waals surface area (Å²) in [4.78, 5) is 18.4. The van der Waals surface area contributed by atoms with Crippen molar-refractivity contribution >= 4 is 11.9 Å². The first-order valence-corrected chi connectivity index (χ1v) is 5.61. The average molecular weight is 253 g/mol.